The summed E-state index contributed by atoms with van der Waals surface area (Å²) < 4.78 is 1.84. The monoisotopic (exact) mass is 383 g/mol. The van der Waals surface area contributed by atoms with E-state index in [0.29, 0.717) is 10.3 Å². The number of hydrogen-bond acceptors (Lipinski definition) is 6. The Labute approximate surface area is 160 Å². The van der Waals surface area contributed by atoms with Gasteiger partial charge in [0.15, 0.2) is 10.8 Å². The number of thiazole rings is 1. The van der Waals surface area contributed by atoms with Gasteiger partial charge in [-0.25, -0.2) is 4.98 Å². The van der Waals surface area contributed by atoms with Crippen LogP contribution in [0.1, 0.15) is 24.8 Å². The predicted octanol–water partition coefficient (Wildman–Crippen LogP) is 2.79. The van der Waals surface area contributed by atoms with E-state index in [1.807, 2.05) is 31.2 Å². The second kappa shape index (κ2) is 7.48. The number of hydrogen-bond donors (Lipinski definition) is 1. The fourth-order valence-electron chi connectivity index (χ4n) is 3.23. The third kappa shape index (κ3) is 3.71. The first-order chi connectivity index (χ1) is 13.1. The van der Waals surface area contributed by atoms with E-state index in [4.69, 9.17) is 0 Å². The van der Waals surface area contributed by atoms with Gasteiger partial charge in [0.2, 0.25) is 5.91 Å². The highest BCUT2D eigenvalue weighted by Crippen LogP contribution is 2.27. The predicted molar refractivity (Wildman–Crippen MR) is 108 cm³/mol. The number of para-hydroxylation sites is 1. The molecule has 0 atom stereocenters. The zero-order valence-corrected chi connectivity index (χ0v) is 16.0. The molecule has 1 N–H and O–H groups in total. The van der Waals surface area contributed by atoms with Crippen LogP contribution in [0, 0.1) is 6.92 Å². The summed E-state index contributed by atoms with van der Waals surface area (Å²) >= 11 is 1.37. The van der Waals surface area contributed by atoms with Crippen molar-refractivity contribution in [1.82, 2.24) is 14.5 Å². The minimum absolute atomic E-state index is 0.0763. The van der Waals surface area contributed by atoms with Gasteiger partial charge in [0, 0.05) is 18.8 Å². The molecule has 3 aromatic rings. The van der Waals surface area contributed by atoms with Gasteiger partial charge in [-0.05, 0) is 37.8 Å². The average Bonchev–Trinajstić information content (AvgIpc) is 3.12. The average molecular weight is 383 g/mol. The Morgan fingerprint density at radius 2 is 2.00 bits per heavy atom. The van der Waals surface area contributed by atoms with Gasteiger partial charge in [0.1, 0.15) is 17.6 Å². The molecule has 2 aromatic heterocycles. The largest absolute Gasteiger partial charge is 0.348 e. The number of amides is 1. The summed E-state index contributed by atoms with van der Waals surface area (Å²) in [5.74, 6) is -0.256. The number of aryl methyl sites for hydroxylation is 1. The quantitative estimate of drug-likeness (QED) is 0.749. The SMILES string of the molecule is Cc1ccccc1NC(=O)Cn1cnc2nc(N3CCCCC3)sc2c1=O. The Bertz CT molecular complexity index is 1040. The van der Waals surface area contributed by atoms with Crippen molar-refractivity contribution < 1.29 is 4.79 Å². The molecule has 1 fully saturated rings. The third-order valence-corrected chi connectivity index (χ3v) is 5.83. The molecule has 0 saturated carbocycles. The fraction of sp³-hybridized carbons (Fsp3) is 0.368. The van der Waals surface area contributed by atoms with E-state index < -0.39 is 0 Å². The molecule has 1 aromatic carbocycles. The molecule has 0 unspecified atom stereocenters. The van der Waals surface area contributed by atoms with E-state index in [2.05, 4.69) is 20.2 Å². The smallest absolute Gasteiger partial charge is 0.273 e. The summed E-state index contributed by atoms with van der Waals surface area (Å²) in [4.78, 5) is 36.1. The second-order valence-electron chi connectivity index (χ2n) is 6.74. The first kappa shape index (κ1) is 17.7. The van der Waals surface area contributed by atoms with Crippen LogP contribution in [0.4, 0.5) is 10.8 Å². The number of fused-ring (bicyclic) bond motifs is 1. The standard InChI is InChI=1S/C19H21N5O2S/c1-13-7-3-4-8-14(13)21-15(25)11-24-12-20-17-16(18(24)26)27-19(22-17)23-9-5-2-6-10-23/h3-4,7-8,12H,2,5-6,9-11H2,1H3,(H,21,25). The summed E-state index contributed by atoms with van der Waals surface area (Å²) in [5, 5.41) is 3.69. The number of carbonyl (C=O) groups excluding carboxylic acids is 1. The molecule has 0 aliphatic carbocycles. The Hall–Kier alpha value is -2.74. The number of carbonyl (C=O) groups is 1. The Morgan fingerprint density at radius 3 is 2.78 bits per heavy atom. The molecule has 7 nitrogen and oxygen atoms in total. The topological polar surface area (TPSA) is 80.1 Å². The van der Waals surface area contributed by atoms with E-state index in [0.717, 1.165) is 42.3 Å². The van der Waals surface area contributed by atoms with Gasteiger partial charge in [0.05, 0.1) is 0 Å². The van der Waals surface area contributed by atoms with Crippen molar-refractivity contribution in [2.75, 3.05) is 23.3 Å². The Balaban J connectivity index is 1.55. The maximum atomic E-state index is 12.8. The Morgan fingerprint density at radius 1 is 1.22 bits per heavy atom. The lowest BCUT2D eigenvalue weighted by molar-refractivity contribution is -0.116. The van der Waals surface area contributed by atoms with E-state index in [1.54, 1.807) is 0 Å². The van der Waals surface area contributed by atoms with Gasteiger partial charge in [-0.15, -0.1) is 0 Å². The van der Waals surface area contributed by atoms with Crippen LogP contribution in [-0.4, -0.2) is 33.5 Å². The van der Waals surface area contributed by atoms with Crippen molar-refractivity contribution in [3.05, 3.63) is 46.5 Å². The molecule has 1 amide bonds. The summed E-state index contributed by atoms with van der Waals surface area (Å²) in [7, 11) is 0. The highest BCUT2D eigenvalue weighted by Gasteiger charge is 2.18. The van der Waals surface area contributed by atoms with Crippen LogP contribution in [0.15, 0.2) is 35.4 Å². The molecule has 1 saturated heterocycles. The molecule has 3 heterocycles. The van der Waals surface area contributed by atoms with Crippen molar-refractivity contribution in [2.45, 2.75) is 32.7 Å². The van der Waals surface area contributed by atoms with Crippen LogP contribution in [0.3, 0.4) is 0 Å². The van der Waals surface area contributed by atoms with Crippen LogP contribution in [0.25, 0.3) is 10.3 Å². The maximum Gasteiger partial charge on any atom is 0.273 e. The molecule has 27 heavy (non-hydrogen) atoms. The number of rotatable bonds is 4. The van der Waals surface area contributed by atoms with Gasteiger partial charge in [0.25, 0.3) is 5.56 Å². The maximum absolute atomic E-state index is 12.8. The van der Waals surface area contributed by atoms with Crippen molar-refractivity contribution in [3.8, 4) is 0 Å². The van der Waals surface area contributed by atoms with Crippen molar-refractivity contribution in [2.24, 2.45) is 0 Å². The lowest BCUT2D eigenvalue weighted by atomic mass is 10.1. The van der Waals surface area contributed by atoms with Crippen molar-refractivity contribution in [1.29, 1.82) is 0 Å². The number of benzene rings is 1. The summed E-state index contributed by atoms with van der Waals surface area (Å²) in [6.45, 7) is 3.78. The minimum Gasteiger partial charge on any atom is -0.348 e. The normalized spacial score (nSPS) is 14.5. The van der Waals surface area contributed by atoms with Crippen LogP contribution < -0.4 is 15.8 Å². The summed E-state index contributed by atoms with van der Waals surface area (Å²) in [6, 6.07) is 7.54. The highest BCUT2D eigenvalue weighted by atomic mass is 32.1. The number of anilines is 2. The molecule has 0 radical (unpaired) electrons. The van der Waals surface area contributed by atoms with Gasteiger partial charge in [-0.1, -0.05) is 29.5 Å². The lowest BCUT2D eigenvalue weighted by Gasteiger charge is -2.25. The molecular weight excluding hydrogens is 362 g/mol. The number of nitrogens with one attached hydrogen (secondary N) is 1. The van der Waals surface area contributed by atoms with Crippen LogP contribution >= 0.6 is 11.3 Å². The first-order valence-corrected chi connectivity index (χ1v) is 9.90. The highest BCUT2D eigenvalue weighted by molar-refractivity contribution is 7.22. The van der Waals surface area contributed by atoms with Crippen LogP contribution in [-0.2, 0) is 11.3 Å². The lowest BCUT2D eigenvalue weighted by Crippen LogP contribution is -2.29. The van der Waals surface area contributed by atoms with E-state index in [1.165, 1.54) is 28.7 Å². The molecular formula is C19H21N5O2S. The van der Waals surface area contributed by atoms with E-state index in [9.17, 15) is 9.59 Å². The minimum atomic E-state index is -0.256. The van der Waals surface area contributed by atoms with Gasteiger partial charge in [-0.3, -0.25) is 14.2 Å². The van der Waals surface area contributed by atoms with Crippen molar-refractivity contribution >= 4 is 38.4 Å². The second-order valence-corrected chi connectivity index (χ2v) is 7.72. The third-order valence-electron chi connectivity index (χ3n) is 4.73. The van der Waals surface area contributed by atoms with E-state index >= 15 is 0 Å². The molecule has 1 aliphatic heterocycles. The molecule has 140 valence electrons. The van der Waals surface area contributed by atoms with E-state index in [-0.39, 0.29) is 18.0 Å². The fourth-order valence-corrected chi connectivity index (χ4v) is 4.25. The summed E-state index contributed by atoms with van der Waals surface area (Å²) in [5.41, 5.74) is 1.96. The molecule has 1 aliphatic rings. The van der Waals surface area contributed by atoms with Gasteiger partial charge >= 0.3 is 0 Å². The van der Waals surface area contributed by atoms with Gasteiger partial charge < -0.3 is 10.2 Å². The number of aromatic nitrogens is 3. The number of piperidine rings is 1. The zero-order chi connectivity index (χ0) is 18.8. The Kier molecular flexibility index (Phi) is 4.89. The van der Waals surface area contributed by atoms with Crippen molar-refractivity contribution in [3.63, 3.8) is 0 Å². The number of nitrogens with zero attached hydrogens (tertiary/aromatic N) is 4. The molecule has 8 heteroatoms. The van der Waals surface area contributed by atoms with Crippen LogP contribution in [0.5, 0.6) is 0 Å². The summed E-state index contributed by atoms with van der Waals surface area (Å²) in [6.07, 6.45) is 4.93. The molecule has 0 spiro atoms. The first-order valence-electron chi connectivity index (χ1n) is 9.08. The molecule has 4 rings (SSSR count). The zero-order valence-electron chi connectivity index (χ0n) is 15.1. The van der Waals surface area contributed by atoms with Crippen LogP contribution in [0.2, 0.25) is 0 Å². The molecule has 0 bridgehead atoms. The van der Waals surface area contributed by atoms with Gasteiger partial charge in [-0.2, -0.15) is 4.98 Å².